The molecule has 1 saturated heterocycles. The average molecular weight is 342 g/mol. The van der Waals surface area contributed by atoms with Gasteiger partial charge in [-0.2, -0.15) is 0 Å². The van der Waals surface area contributed by atoms with E-state index >= 15 is 0 Å². The molecule has 7 nitrogen and oxygen atoms in total. The normalized spacial score (nSPS) is 19.2. The van der Waals surface area contributed by atoms with Crippen LogP contribution < -0.4 is 14.4 Å². The summed E-state index contributed by atoms with van der Waals surface area (Å²) in [5, 5.41) is 10.8. The average Bonchev–Trinajstić information content (AvgIpc) is 2.64. The Hall–Kier alpha value is -3.09. The molecule has 0 N–H and O–H groups in total. The molecule has 1 aliphatic heterocycles. The van der Waals surface area contributed by atoms with E-state index in [9.17, 15) is 14.9 Å². The molecule has 0 spiro atoms. The number of ether oxygens (including phenoxy) is 2. The molecule has 2 aromatic rings. The van der Waals surface area contributed by atoms with Crippen LogP contribution in [0.25, 0.3) is 0 Å². The van der Waals surface area contributed by atoms with Gasteiger partial charge in [-0.1, -0.05) is 18.2 Å². The number of nitrogens with zero attached hydrogens (tertiary/aromatic N) is 2. The molecule has 2 aromatic carbocycles. The minimum Gasteiger partial charge on any atom is -0.497 e. The fourth-order valence-corrected chi connectivity index (χ4v) is 2.87. The monoisotopic (exact) mass is 342 g/mol. The Morgan fingerprint density at radius 2 is 1.76 bits per heavy atom. The SMILES string of the molecule is COc1ccc(N2C(=O)[C@@H](Oc3ccccc3)[C@H]2CC[N+](=O)[O-])cc1. The zero-order valence-corrected chi connectivity index (χ0v) is 13.7. The van der Waals surface area contributed by atoms with Crippen LogP contribution in [0.4, 0.5) is 5.69 Å². The van der Waals surface area contributed by atoms with Crippen LogP contribution >= 0.6 is 0 Å². The number of benzene rings is 2. The van der Waals surface area contributed by atoms with Gasteiger partial charge in [-0.25, -0.2) is 0 Å². The van der Waals surface area contributed by atoms with Crippen LogP contribution in [-0.4, -0.2) is 36.6 Å². The number of para-hydroxylation sites is 1. The van der Waals surface area contributed by atoms with E-state index in [0.717, 1.165) is 0 Å². The van der Waals surface area contributed by atoms with Crippen molar-refractivity contribution in [1.29, 1.82) is 0 Å². The first-order chi connectivity index (χ1) is 12.1. The van der Waals surface area contributed by atoms with Gasteiger partial charge in [0.25, 0.3) is 5.91 Å². The van der Waals surface area contributed by atoms with Crippen LogP contribution in [0.2, 0.25) is 0 Å². The fraction of sp³-hybridized carbons (Fsp3) is 0.278. The lowest BCUT2D eigenvalue weighted by Gasteiger charge is -2.46. The molecule has 0 aromatic heterocycles. The molecular weight excluding hydrogens is 324 g/mol. The lowest BCUT2D eigenvalue weighted by atomic mass is 9.93. The van der Waals surface area contributed by atoms with Gasteiger partial charge in [-0.3, -0.25) is 14.9 Å². The summed E-state index contributed by atoms with van der Waals surface area (Å²) in [6.07, 6.45) is -0.494. The second-order valence-electron chi connectivity index (χ2n) is 5.67. The van der Waals surface area contributed by atoms with Gasteiger partial charge in [0.05, 0.1) is 13.2 Å². The molecule has 0 unspecified atom stereocenters. The predicted molar refractivity (Wildman–Crippen MR) is 91.6 cm³/mol. The summed E-state index contributed by atoms with van der Waals surface area (Å²) < 4.78 is 10.9. The third-order valence-electron chi connectivity index (χ3n) is 4.13. The van der Waals surface area contributed by atoms with Gasteiger partial charge in [0, 0.05) is 17.0 Å². The summed E-state index contributed by atoms with van der Waals surface area (Å²) in [5.41, 5.74) is 0.673. The number of rotatable bonds is 7. The van der Waals surface area contributed by atoms with Crippen molar-refractivity contribution in [3.63, 3.8) is 0 Å². The molecule has 1 aliphatic rings. The zero-order valence-electron chi connectivity index (χ0n) is 13.7. The molecule has 25 heavy (non-hydrogen) atoms. The van der Waals surface area contributed by atoms with E-state index in [4.69, 9.17) is 9.47 Å². The Labute approximate surface area is 144 Å². The first kappa shape index (κ1) is 16.8. The van der Waals surface area contributed by atoms with Gasteiger partial charge >= 0.3 is 0 Å². The zero-order chi connectivity index (χ0) is 17.8. The van der Waals surface area contributed by atoms with Crippen LogP contribution in [0, 0.1) is 10.1 Å². The summed E-state index contributed by atoms with van der Waals surface area (Å²) in [6, 6.07) is 15.6. The van der Waals surface area contributed by atoms with Gasteiger partial charge in [0.2, 0.25) is 6.54 Å². The van der Waals surface area contributed by atoms with Gasteiger partial charge in [-0.05, 0) is 36.4 Å². The van der Waals surface area contributed by atoms with E-state index in [2.05, 4.69) is 0 Å². The summed E-state index contributed by atoms with van der Waals surface area (Å²) in [4.78, 5) is 24.5. The molecule has 2 atom stereocenters. The van der Waals surface area contributed by atoms with E-state index in [1.807, 2.05) is 18.2 Å². The molecule has 0 saturated carbocycles. The lowest BCUT2D eigenvalue weighted by molar-refractivity contribution is -0.481. The van der Waals surface area contributed by atoms with Crippen molar-refractivity contribution in [2.75, 3.05) is 18.6 Å². The van der Waals surface area contributed by atoms with E-state index < -0.39 is 6.10 Å². The Morgan fingerprint density at radius 1 is 1.08 bits per heavy atom. The number of carbonyl (C=O) groups is 1. The van der Waals surface area contributed by atoms with Crippen molar-refractivity contribution < 1.29 is 19.2 Å². The van der Waals surface area contributed by atoms with Gasteiger partial charge < -0.3 is 14.4 Å². The fourth-order valence-electron chi connectivity index (χ4n) is 2.87. The number of anilines is 1. The second-order valence-corrected chi connectivity index (χ2v) is 5.67. The van der Waals surface area contributed by atoms with Crippen molar-refractivity contribution in [3.05, 3.63) is 64.7 Å². The highest BCUT2D eigenvalue weighted by molar-refractivity contribution is 6.05. The Bertz CT molecular complexity index is 748. The van der Waals surface area contributed by atoms with Crippen molar-refractivity contribution in [3.8, 4) is 11.5 Å². The van der Waals surface area contributed by atoms with Crippen LogP contribution in [0.15, 0.2) is 54.6 Å². The van der Waals surface area contributed by atoms with Gasteiger partial charge in [-0.15, -0.1) is 0 Å². The van der Waals surface area contributed by atoms with Crippen LogP contribution in [0.5, 0.6) is 11.5 Å². The van der Waals surface area contributed by atoms with Crippen molar-refractivity contribution in [1.82, 2.24) is 0 Å². The maximum Gasteiger partial charge on any atom is 0.270 e. The maximum absolute atomic E-state index is 12.6. The number of methoxy groups -OCH3 is 1. The molecule has 1 amide bonds. The first-order valence-corrected chi connectivity index (χ1v) is 7.91. The number of amides is 1. The first-order valence-electron chi connectivity index (χ1n) is 7.91. The molecule has 3 rings (SSSR count). The van der Waals surface area contributed by atoms with Crippen LogP contribution in [-0.2, 0) is 4.79 Å². The van der Waals surface area contributed by atoms with Crippen molar-refractivity contribution in [2.45, 2.75) is 18.6 Å². The molecule has 0 aliphatic carbocycles. The summed E-state index contributed by atoms with van der Waals surface area (Å²) in [5.74, 6) is 1.04. The minimum atomic E-state index is -0.718. The maximum atomic E-state index is 12.6. The topological polar surface area (TPSA) is 81.9 Å². The van der Waals surface area contributed by atoms with E-state index in [-0.39, 0.29) is 29.8 Å². The van der Waals surface area contributed by atoms with Gasteiger partial charge in [0.1, 0.15) is 11.5 Å². The van der Waals surface area contributed by atoms with Crippen LogP contribution in [0.1, 0.15) is 6.42 Å². The van der Waals surface area contributed by atoms with Crippen molar-refractivity contribution in [2.24, 2.45) is 0 Å². The predicted octanol–water partition coefficient (Wildman–Crippen LogP) is 2.52. The smallest absolute Gasteiger partial charge is 0.270 e. The number of nitro groups is 1. The number of hydrogen-bond donors (Lipinski definition) is 0. The second kappa shape index (κ2) is 7.21. The molecule has 0 bridgehead atoms. The highest BCUT2D eigenvalue weighted by Gasteiger charge is 2.50. The third-order valence-corrected chi connectivity index (χ3v) is 4.13. The molecule has 1 heterocycles. The highest BCUT2D eigenvalue weighted by Crippen LogP contribution is 2.33. The number of carbonyl (C=O) groups excluding carboxylic acids is 1. The Morgan fingerprint density at radius 3 is 2.36 bits per heavy atom. The molecule has 0 radical (unpaired) electrons. The summed E-state index contributed by atoms with van der Waals surface area (Å²) >= 11 is 0. The standard InChI is InChI=1S/C18H18N2O5/c1-24-14-9-7-13(8-10-14)20-16(11-12-19(22)23)17(18(20)21)25-15-5-3-2-4-6-15/h2-10,16-17H,11-12H2,1H3/t16-,17+/m1/s1. The quantitative estimate of drug-likeness (QED) is 0.439. The summed E-state index contributed by atoms with van der Waals surface area (Å²) in [7, 11) is 1.56. The number of hydrogen-bond acceptors (Lipinski definition) is 5. The molecule has 130 valence electrons. The largest absolute Gasteiger partial charge is 0.497 e. The third kappa shape index (κ3) is 3.55. The lowest BCUT2D eigenvalue weighted by Crippen LogP contribution is -2.67. The highest BCUT2D eigenvalue weighted by atomic mass is 16.6. The molecule has 1 fully saturated rings. The molecular formula is C18H18N2O5. The Kier molecular flexibility index (Phi) is 4.83. The van der Waals surface area contributed by atoms with Crippen molar-refractivity contribution >= 4 is 11.6 Å². The van der Waals surface area contributed by atoms with E-state index in [1.165, 1.54) is 0 Å². The number of β-lactam (4-membered cyclic amide) rings is 1. The van der Waals surface area contributed by atoms with E-state index in [1.54, 1.807) is 48.4 Å². The molecule has 7 heteroatoms. The minimum absolute atomic E-state index is 0.206. The van der Waals surface area contributed by atoms with Gasteiger partial charge in [0.15, 0.2) is 6.10 Å². The van der Waals surface area contributed by atoms with Crippen LogP contribution in [0.3, 0.4) is 0 Å². The summed E-state index contributed by atoms with van der Waals surface area (Å²) in [6.45, 7) is -0.223. The Balaban J connectivity index is 1.79. The van der Waals surface area contributed by atoms with E-state index in [0.29, 0.717) is 17.2 Å².